The molecule has 5 nitrogen and oxygen atoms in total. The first kappa shape index (κ1) is 27.2. The third-order valence-electron chi connectivity index (χ3n) is 8.77. The molecule has 0 atom stereocenters. The van der Waals surface area contributed by atoms with Crippen molar-refractivity contribution in [2.24, 2.45) is 0 Å². The van der Waals surface area contributed by atoms with E-state index >= 15 is 0 Å². The van der Waals surface area contributed by atoms with Crippen molar-refractivity contribution < 1.29 is 34.7 Å². The molecule has 0 bridgehead atoms. The van der Waals surface area contributed by atoms with Crippen LogP contribution >= 0.6 is 0 Å². The Hall–Kier alpha value is -5.77. The number of aryl methyl sites for hydroxylation is 1. The van der Waals surface area contributed by atoms with Crippen molar-refractivity contribution in [1.29, 1.82) is 0 Å². The molecule has 9 aromatic rings. The minimum atomic E-state index is -2.31. The third-order valence-corrected chi connectivity index (χ3v) is 8.77. The Labute approximate surface area is 301 Å². The zero-order valence-electron chi connectivity index (χ0n) is 28.9. The van der Waals surface area contributed by atoms with Crippen molar-refractivity contribution in [3.63, 3.8) is 0 Å². The zero-order valence-corrected chi connectivity index (χ0v) is 28.1. The molecule has 1 N–H and O–H groups in total. The number of hydrogen-bond acceptors (Lipinski definition) is 4. The fourth-order valence-electron chi connectivity index (χ4n) is 6.58. The molecule has 238 valence electrons. The second-order valence-electron chi connectivity index (χ2n) is 11.7. The average Bonchev–Trinajstić information content (AvgIpc) is 3.74. The van der Waals surface area contributed by atoms with Gasteiger partial charge in [0, 0.05) is 48.0 Å². The van der Waals surface area contributed by atoms with Crippen molar-refractivity contribution in [2.75, 3.05) is 0 Å². The molecule has 0 fully saturated rings. The molecule has 0 aliphatic carbocycles. The van der Waals surface area contributed by atoms with Crippen LogP contribution in [0.15, 0.2) is 150 Å². The van der Waals surface area contributed by atoms with Gasteiger partial charge in [0.2, 0.25) is 0 Å². The molecule has 6 aromatic carbocycles. The molecule has 0 amide bonds. The number of para-hydroxylation sites is 3. The predicted octanol–water partition coefficient (Wildman–Crippen LogP) is 10.8. The summed E-state index contributed by atoms with van der Waals surface area (Å²) in [4.78, 5) is 9.92. The van der Waals surface area contributed by atoms with Gasteiger partial charge in [-0.2, -0.15) is 0 Å². The molecule has 0 unspecified atom stereocenters. The number of fused-ring (bicyclic) bond motifs is 4. The molecule has 0 aliphatic heterocycles. The SMILES string of the molecule is [2H]C([2H])([2H])c1ccc(-n2c(-c3ccccc3O)nc3c(-c4[c-]c(-c5ccccn5)cc5c4oc4ccccc45)cccc32)c(-c2ccccc2)c1.[Pt]. The van der Waals surface area contributed by atoms with Crippen molar-refractivity contribution in [3.05, 3.63) is 157 Å². The van der Waals surface area contributed by atoms with E-state index in [4.69, 9.17) is 13.5 Å². The normalized spacial score (nSPS) is 12.4. The molecule has 49 heavy (non-hydrogen) atoms. The van der Waals surface area contributed by atoms with Gasteiger partial charge in [0.15, 0.2) is 0 Å². The first-order chi connectivity index (χ1) is 24.8. The Kier molecular flexibility index (Phi) is 6.86. The number of aromatic hydroxyl groups is 1. The van der Waals surface area contributed by atoms with Crippen LogP contribution in [0, 0.1) is 12.9 Å². The molecular weight excluding hydrogens is 786 g/mol. The van der Waals surface area contributed by atoms with Crippen LogP contribution in [-0.4, -0.2) is 19.6 Å². The first-order valence-corrected chi connectivity index (χ1v) is 15.6. The number of phenols is 1. The van der Waals surface area contributed by atoms with E-state index in [1.165, 1.54) is 0 Å². The van der Waals surface area contributed by atoms with Crippen molar-refractivity contribution >= 4 is 33.0 Å². The van der Waals surface area contributed by atoms with E-state index in [9.17, 15) is 5.11 Å². The molecule has 3 heterocycles. The predicted molar refractivity (Wildman–Crippen MR) is 193 cm³/mol. The summed E-state index contributed by atoms with van der Waals surface area (Å²) < 4.78 is 33.1. The fraction of sp³-hybridized carbons (Fsp3) is 0.0233. The van der Waals surface area contributed by atoms with Gasteiger partial charge >= 0.3 is 0 Å². The smallest absolute Gasteiger partial charge is 0.148 e. The summed E-state index contributed by atoms with van der Waals surface area (Å²) in [5.74, 6) is 0.565. The number of rotatable bonds is 5. The van der Waals surface area contributed by atoms with E-state index in [0.717, 1.165) is 49.8 Å². The number of aromatic nitrogens is 3. The van der Waals surface area contributed by atoms with Crippen LogP contribution in [0.25, 0.3) is 83.6 Å². The van der Waals surface area contributed by atoms with Crippen LogP contribution in [0.5, 0.6) is 5.75 Å². The molecule has 0 saturated heterocycles. The van der Waals surface area contributed by atoms with Crippen molar-refractivity contribution in [2.45, 2.75) is 6.85 Å². The second-order valence-corrected chi connectivity index (χ2v) is 11.7. The van der Waals surface area contributed by atoms with E-state index in [-0.39, 0.29) is 32.4 Å². The maximum atomic E-state index is 11.2. The maximum Gasteiger partial charge on any atom is 0.148 e. The summed E-state index contributed by atoms with van der Waals surface area (Å²) in [6.07, 6.45) is 1.77. The summed E-state index contributed by atoms with van der Waals surface area (Å²) in [5.41, 5.74) is 8.98. The second kappa shape index (κ2) is 12.4. The number of benzene rings is 6. The van der Waals surface area contributed by atoms with Gasteiger partial charge in [0.25, 0.3) is 0 Å². The van der Waals surface area contributed by atoms with E-state index in [0.29, 0.717) is 33.7 Å². The van der Waals surface area contributed by atoms with Gasteiger partial charge in [-0.25, -0.2) is 4.98 Å². The Morgan fingerprint density at radius 2 is 1.53 bits per heavy atom. The van der Waals surface area contributed by atoms with Crippen LogP contribution in [0.3, 0.4) is 0 Å². The molecule has 6 heteroatoms. The van der Waals surface area contributed by atoms with Crippen molar-refractivity contribution in [1.82, 2.24) is 14.5 Å². The summed E-state index contributed by atoms with van der Waals surface area (Å²) >= 11 is 0. The Bertz CT molecular complexity index is 2760. The number of phenolic OH excluding ortho intramolecular Hbond substituents is 1. The Morgan fingerprint density at radius 1 is 0.735 bits per heavy atom. The molecule has 0 spiro atoms. The van der Waals surface area contributed by atoms with Crippen LogP contribution in [0.1, 0.15) is 9.68 Å². The van der Waals surface area contributed by atoms with Gasteiger partial charge in [0.1, 0.15) is 17.2 Å². The number of hydrogen-bond donors (Lipinski definition) is 1. The van der Waals surface area contributed by atoms with E-state index in [2.05, 4.69) is 17.1 Å². The van der Waals surface area contributed by atoms with Crippen LogP contribution < -0.4 is 0 Å². The monoisotopic (exact) mass is 816 g/mol. The maximum absolute atomic E-state index is 11.2. The van der Waals surface area contributed by atoms with E-state index in [1.807, 2.05) is 114 Å². The first-order valence-electron chi connectivity index (χ1n) is 17.1. The topological polar surface area (TPSA) is 64.1 Å². The fourth-order valence-corrected chi connectivity index (χ4v) is 6.58. The Balaban J connectivity index is 0.00000387. The summed E-state index contributed by atoms with van der Waals surface area (Å²) in [5, 5.41) is 13.1. The number of nitrogens with zero attached hydrogens (tertiary/aromatic N) is 3. The largest absolute Gasteiger partial charge is 0.507 e. The molecule has 9 rings (SSSR count). The molecule has 0 radical (unpaired) electrons. The van der Waals surface area contributed by atoms with Crippen LogP contribution in [-0.2, 0) is 21.1 Å². The van der Waals surface area contributed by atoms with Gasteiger partial charge in [-0.1, -0.05) is 113 Å². The van der Waals surface area contributed by atoms with Gasteiger partial charge < -0.3 is 9.52 Å². The quantitative estimate of drug-likeness (QED) is 0.176. The van der Waals surface area contributed by atoms with Crippen LogP contribution in [0.2, 0.25) is 0 Å². The van der Waals surface area contributed by atoms with Gasteiger partial charge in [-0.15, -0.1) is 12.1 Å². The summed E-state index contributed by atoms with van der Waals surface area (Å²) in [6, 6.07) is 47.4. The van der Waals surface area contributed by atoms with Gasteiger partial charge in [-0.05, 0) is 60.3 Å². The molecule has 3 aromatic heterocycles. The molecule has 0 aliphatic rings. The molecule has 0 saturated carbocycles. The Morgan fingerprint density at radius 3 is 2.37 bits per heavy atom. The molecular formula is C43H28N3O2Pt-. The van der Waals surface area contributed by atoms with Crippen LogP contribution in [0.4, 0.5) is 0 Å². The third kappa shape index (κ3) is 5.15. The summed E-state index contributed by atoms with van der Waals surface area (Å²) in [6.45, 7) is -2.31. The minimum absolute atomic E-state index is 0. The number of furan rings is 1. The van der Waals surface area contributed by atoms with Gasteiger partial charge in [-0.3, -0.25) is 9.55 Å². The summed E-state index contributed by atoms with van der Waals surface area (Å²) in [7, 11) is 0. The van der Waals surface area contributed by atoms with E-state index in [1.54, 1.807) is 30.5 Å². The minimum Gasteiger partial charge on any atom is -0.507 e. The average molecular weight is 817 g/mol. The van der Waals surface area contributed by atoms with Gasteiger partial charge in [0.05, 0.1) is 27.9 Å². The standard InChI is InChI=1S/C43H28N3O2.Pt/c1-27-21-22-37(33(24-27)28-12-3-2-4-13-28)46-38-18-11-16-31(41(38)45-43(46)32-15-5-7-19-39(32)47)35-26-29(36-17-9-10-23-44-36)25-34-30-14-6-8-20-40(30)48-42(34)35;/h2-25,47H,1H3;/q-1;/i1D3;. The zero-order chi connectivity index (χ0) is 34.7. The van der Waals surface area contributed by atoms with Crippen molar-refractivity contribution in [3.8, 4) is 56.3 Å². The number of pyridine rings is 1. The van der Waals surface area contributed by atoms with E-state index < -0.39 is 6.85 Å². The number of imidazole rings is 1.